The largest absolute Gasteiger partial charge is 0.378 e. The summed E-state index contributed by atoms with van der Waals surface area (Å²) in [6, 6.07) is 15.4. The Morgan fingerprint density at radius 1 is 1.11 bits per heavy atom. The molecule has 0 spiro atoms. The van der Waals surface area contributed by atoms with Crippen LogP contribution in [0.3, 0.4) is 0 Å². The molecule has 2 aromatic carbocycles. The summed E-state index contributed by atoms with van der Waals surface area (Å²) >= 11 is 1.56. The molecule has 1 heterocycles. The molecular weight excluding hydrogens is 360 g/mol. The van der Waals surface area contributed by atoms with Gasteiger partial charge in [0.2, 0.25) is 5.91 Å². The Hall–Kier alpha value is -2.31. The number of aryl methyl sites for hydroxylation is 1. The molecule has 5 nitrogen and oxygen atoms in total. The van der Waals surface area contributed by atoms with Crippen LogP contribution >= 0.6 is 11.8 Å². The molecule has 1 saturated heterocycles. The van der Waals surface area contributed by atoms with Gasteiger partial charge in [0, 0.05) is 18.8 Å². The van der Waals surface area contributed by atoms with Crippen molar-refractivity contribution in [3.8, 4) is 0 Å². The summed E-state index contributed by atoms with van der Waals surface area (Å²) in [6.07, 6.45) is 0. The van der Waals surface area contributed by atoms with Crippen LogP contribution in [-0.4, -0.2) is 48.8 Å². The molecule has 3 rings (SSSR count). The average Bonchev–Trinajstić information content (AvgIpc) is 2.69. The summed E-state index contributed by atoms with van der Waals surface area (Å²) in [5.74, 6) is 0.953. The van der Waals surface area contributed by atoms with Gasteiger partial charge >= 0.3 is 0 Å². The van der Waals surface area contributed by atoms with Crippen molar-refractivity contribution in [3.05, 3.63) is 65.2 Å². The number of hydrogen-bond acceptors (Lipinski definition) is 4. The SMILES string of the molecule is Cc1cccc(CSCC(=O)Nc2ccccc2C(=O)N2CCOCC2)c1. The molecule has 0 aliphatic carbocycles. The second-order valence-corrected chi connectivity index (χ2v) is 7.47. The smallest absolute Gasteiger partial charge is 0.256 e. The van der Waals surface area contributed by atoms with Gasteiger partial charge in [-0.2, -0.15) is 0 Å². The predicted molar refractivity (Wildman–Crippen MR) is 109 cm³/mol. The molecule has 0 bridgehead atoms. The summed E-state index contributed by atoms with van der Waals surface area (Å²) in [4.78, 5) is 26.9. The fraction of sp³-hybridized carbons (Fsp3) is 0.333. The molecule has 1 N–H and O–H groups in total. The maximum absolute atomic E-state index is 12.7. The van der Waals surface area contributed by atoms with E-state index >= 15 is 0 Å². The summed E-state index contributed by atoms with van der Waals surface area (Å²) in [5, 5.41) is 2.89. The van der Waals surface area contributed by atoms with Crippen molar-refractivity contribution in [2.45, 2.75) is 12.7 Å². The monoisotopic (exact) mass is 384 g/mol. The average molecular weight is 385 g/mol. The lowest BCUT2D eigenvalue weighted by Gasteiger charge is -2.27. The maximum Gasteiger partial charge on any atom is 0.256 e. The van der Waals surface area contributed by atoms with Crippen LogP contribution in [0.25, 0.3) is 0 Å². The van der Waals surface area contributed by atoms with E-state index in [2.05, 4.69) is 30.4 Å². The highest BCUT2D eigenvalue weighted by atomic mass is 32.2. The predicted octanol–water partition coefficient (Wildman–Crippen LogP) is 3.34. The number of amides is 2. The highest BCUT2D eigenvalue weighted by Crippen LogP contribution is 2.19. The number of ether oxygens (including phenoxy) is 1. The molecule has 0 saturated carbocycles. The minimum absolute atomic E-state index is 0.0680. The van der Waals surface area contributed by atoms with Crippen molar-refractivity contribution in [2.75, 3.05) is 37.4 Å². The molecule has 142 valence electrons. The highest BCUT2D eigenvalue weighted by Gasteiger charge is 2.21. The standard InChI is InChI=1S/C21H24N2O3S/c1-16-5-4-6-17(13-16)14-27-15-20(24)22-19-8-3-2-7-18(19)21(25)23-9-11-26-12-10-23/h2-8,13H,9-12,14-15H2,1H3,(H,22,24). The summed E-state index contributed by atoms with van der Waals surface area (Å²) in [7, 11) is 0. The van der Waals surface area contributed by atoms with Crippen LogP contribution in [0, 0.1) is 6.92 Å². The quantitative estimate of drug-likeness (QED) is 0.830. The van der Waals surface area contributed by atoms with E-state index in [1.165, 1.54) is 11.1 Å². The van der Waals surface area contributed by atoms with Crippen LogP contribution < -0.4 is 5.32 Å². The van der Waals surface area contributed by atoms with E-state index in [1.54, 1.807) is 28.8 Å². The number of hydrogen-bond donors (Lipinski definition) is 1. The lowest BCUT2D eigenvalue weighted by molar-refractivity contribution is -0.113. The first kappa shape index (κ1) is 19.5. The second kappa shape index (κ2) is 9.58. The molecule has 1 aliphatic rings. The van der Waals surface area contributed by atoms with Crippen molar-refractivity contribution in [2.24, 2.45) is 0 Å². The number of nitrogens with zero attached hydrogens (tertiary/aromatic N) is 1. The van der Waals surface area contributed by atoms with Gasteiger partial charge in [-0.1, -0.05) is 42.0 Å². The molecule has 1 aliphatic heterocycles. The fourth-order valence-electron chi connectivity index (χ4n) is 2.97. The topological polar surface area (TPSA) is 58.6 Å². The number of carbonyl (C=O) groups is 2. The van der Waals surface area contributed by atoms with Crippen molar-refractivity contribution in [3.63, 3.8) is 0 Å². The number of morpholine rings is 1. The van der Waals surface area contributed by atoms with E-state index in [-0.39, 0.29) is 11.8 Å². The fourth-order valence-corrected chi connectivity index (χ4v) is 3.74. The third-order valence-corrected chi connectivity index (χ3v) is 5.32. The minimum Gasteiger partial charge on any atom is -0.378 e. The Kier molecular flexibility index (Phi) is 6.90. The van der Waals surface area contributed by atoms with Crippen LogP contribution in [0.15, 0.2) is 48.5 Å². The number of para-hydroxylation sites is 1. The van der Waals surface area contributed by atoms with Crippen LogP contribution in [0.5, 0.6) is 0 Å². The van der Waals surface area contributed by atoms with Crippen molar-refractivity contribution >= 4 is 29.3 Å². The first-order valence-corrected chi connectivity index (χ1v) is 10.2. The molecule has 27 heavy (non-hydrogen) atoms. The van der Waals surface area contributed by atoms with Gasteiger partial charge in [-0.25, -0.2) is 0 Å². The Balaban J connectivity index is 1.56. The van der Waals surface area contributed by atoms with E-state index in [0.717, 1.165) is 5.75 Å². The van der Waals surface area contributed by atoms with Gasteiger partial charge in [-0.05, 0) is 24.6 Å². The lowest BCUT2D eigenvalue weighted by Crippen LogP contribution is -2.41. The van der Waals surface area contributed by atoms with Gasteiger partial charge in [0.15, 0.2) is 0 Å². The number of nitrogens with one attached hydrogen (secondary N) is 1. The number of thioether (sulfide) groups is 1. The molecular formula is C21H24N2O3S. The van der Waals surface area contributed by atoms with Crippen molar-refractivity contribution < 1.29 is 14.3 Å². The molecule has 1 fully saturated rings. The molecule has 0 unspecified atom stereocenters. The molecule has 2 amide bonds. The molecule has 2 aromatic rings. The number of carbonyl (C=O) groups excluding carboxylic acids is 2. The van der Waals surface area contributed by atoms with Crippen LogP contribution in [-0.2, 0) is 15.3 Å². The zero-order chi connectivity index (χ0) is 19.1. The van der Waals surface area contributed by atoms with Gasteiger partial charge < -0.3 is 15.0 Å². The normalized spacial score (nSPS) is 14.0. The third kappa shape index (κ3) is 5.58. The molecule has 0 aromatic heterocycles. The van der Waals surface area contributed by atoms with E-state index < -0.39 is 0 Å². The van der Waals surface area contributed by atoms with Crippen LogP contribution in [0.1, 0.15) is 21.5 Å². The third-order valence-electron chi connectivity index (χ3n) is 4.31. The highest BCUT2D eigenvalue weighted by molar-refractivity contribution is 7.99. The van der Waals surface area contributed by atoms with Gasteiger partial charge in [-0.15, -0.1) is 11.8 Å². The Labute approximate surface area is 164 Å². The zero-order valence-corrected chi connectivity index (χ0v) is 16.3. The molecule has 0 atom stereocenters. The Bertz CT molecular complexity index is 804. The lowest BCUT2D eigenvalue weighted by atomic mass is 10.1. The summed E-state index contributed by atoms with van der Waals surface area (Å²) < 4.78 is 5.30. The number of rotatable bonds is 6. The molecule has 6 heteroatoms. The van der Waals surface area contributed by atoms with E-state index in [4.69, 9.17) is 4.74 Å². The maximum atomic E-state index is 12.7. The van der Waals surface area contributed by atoms with Crippen molar-refractivity contribution in [1.29, 1.82) is 0 Å². The minimum atomic E-state index is -0.102. The first-order valence-electron chi connectivity index (χ1n) is 9.02. The number of anilines is 1. The van der Waals surface area contributed by atoms with Gasteiger partial charge in [0.1, 0.15) is 0 Å². The van der Waals surface area contributed by atoms with Crippen LogP contribution in [0.4, 0.5) is 5.69 Å². The Morgan fingerprint density at radius 2 is 1.89 bits per heavy atom. The van der Waals surface area contributed by atoms with Gasteiger partial charge in [-0.3, -0.25) is 9.59 Å². The van der Waals surface area contributed by atoms with Gasteiger partial charge in [0.05, 0.1) is 30.2 Å². The van der Waals surface area contributed by atoms with E-state index in [1.807, 2.05) is 18.2 Å². The van der Waals surface area contributed by atoms with Gasteiger partial charge in [0.25, 0.3) is 5.91 Å². The Morgan fingerprint density at radius 3 is 2.67 bits per heavy atom. The summed E-state index contributed by atoms with van der Waals surface area (Å²) in [5.41, 5.74) is 3.51. The molecule has 0 radical (unpaired) electrons. The van der Waals surface area contributed by atoms with Crippen LogP contribution in [0.2, 0.25) is 0 Å². The number of benzene rings is 2. The summed E-state index contributed by atoms with van der Waals surface area (Å²) in [6.45, 7) is 4.32. The van der Waals surface area contributed by atoms with E-state index in [0.29, 0.717) is 43.3 Å². The van der Waals surface area contributed by atoms with E-state index in [9.17, 15) is 9.59 Å². The first-order chi connectivity index (χ1) is 13.1. The van der Waals surface area contributed by atoms with Crippen molar-refractivity contribution in [1.82, 2.24) is 4.90 Å². The zero-order valence-electron chi connectivity index (χ0n) is 15.4. The second-order valence-electron chi connectivity index (χ2n) is 6.48.